The predicted octanol–water partition coefficient (Wildman–Crippen LogP) is 2.89. The van der Waals surface area contributed by atoms with Crippen molar-refractivity contribution in [1.82, 2.24) is 0 Å². The number of hydrogen-bond donors (Lipinski definition) is 0. The van der Waals surface area contributed by atoms with Gasteiger partial charge in [-0.1, -0.05) is 26.0 Å². The molecule has 0 amide bonds. The third-order valence-electron chi connectivity index (χ3n) is 2.12. The van der Waals surface area contributed by atoms with Crippen LogP contribution < -0.4 is 0 Å². The van der Waals surface area contributed by atoms with Gasteiger partial charge in [-0.25, -0.2) is 0 Å². The quantitative estimate of drug-likeness (QED) is 0.261. The van der Waals surface area contributed by atoms with Gasteiger partial charge in [0, 0.05) is 11.8 Å². The average molecular weight is 269 g/mol. The topological polar surface area (TPSA) is 69.4 Å². The number of carbonyl (C=O) groups is 1. The van der Waals surface area contributed by atoms with Crippen molar-refractivity contribution in [2.45, 2.75) is 18.7 Å². The normalized spacial score (nSPS) is 10.4. The number of hydrogen-bond acceptors (Lipinski definition) is 5. The minimum absolute atomic E-state index is 0.0812. The highest BCUT2D eigenvalue weighted by Gasteiger charge is 2.13. The molecule has 6 heteroatoms. The molecule has 0 heterocycles. The minimum Gasteiger partial charge on any atom is -0.465 e. The van der Waals surface area contributed by atoms with Crippen LogP contribution in [0.1, 0.15) is 13.8 Å². The zero-order chi connectivity index (χ0) is 13.5. The molecule has 0 fully saturated rings. The van der Waals surface area contributed by atoms with Gasteiger partial charge in [-0.15, -0.1) is 11.8 Å². The maximum absolute atomic E-state index is 11.2. The van der Waals surface area contributed by atoms with Gasteiger partial charge in [0.25, 0.3) is 5.69 Å². The van der Waals surface area contributed by atoms with Crippen molar-refractivity contribution in [1.29, 1.82) is 0 Å². The van der Waals surface area contributed by atoms with Crippen LogP contribution in [0, 0.1) is 16.0 Å². The maximum atomic E-state index is 11.2. The zero-order valence-electron chi connectivity index (χ0n) is 10.3. The van der Waals surface area contributed by atoms with E-state index in [-0.39, 0.29) is 24.2 Å². The highest BCUT2D eigenvalue weighted by atomic mass is 32.2. The number of rotatable bonds is 6. The molecule has 1 aromatic rings. The summed E-state index contributed by atoms with van der Waals surface area (Å²) in [5.41, 5.74) is 0.0812. The standard InChI is InChI=1S/C12H15NO4S/c1-9(2)12(14)17-7-8-18-11-6-4-3-5-10(11)13(15)16/h3-6,9H,7-8H2,1-2H3. The molecule has 5 nitrogen and oxygen atoms in total. The van der Waals surface area contributed by atoms with E-state index in [1.165, 1.54) is 17.8 Å². The summed E-state index contributed by atoms with van der Waals surface area (Å²) >= 11 is 1.31. The molecule has 18 heavy (non-hydrogen) atoms. The molecule has 0 atom stereocenters. The third-order valence-corrected chi connectivity index (χ3v) is 3.15. The van der Waals surface area contributed by atoms with E-state index in [0.29, 0.717) is 10.6 Å². The molecule has 0 aliphatic carbocycles. The Kier molecular flexibility index (Phi) is 5.64. The fraction of sp³-hybridized carbons (Fsp3) is 0.417. The first-order valence-electron chi connectivity index (χ1n) is 5.55. The van der Waals surface area contributed by atoms with Crippen LogP contribution in [0.15, 0.2) is 29.2 Å². The summed E-state index contributed by atoms with van der Waals surface area (Å²) in [5, 5.41) is 10.8. The van der Waals surface area contributed by atoms with E-state index in [0.717, 1.165) is 0 Å². The average Bonchev–Trinajstić information content (AvgIpc) is 2.34. The molecule has 0 saturated carbocycles. The number of thioether (sulfide) groups is 1. The summed E-state index contributed by atoms with van der Waals surface area (Å²) in [5.74, 6) is 0.0998. The fourth-order valence-electron chi connectivity index (χ4n) is 1.19. The predicted molar refractivity (Wildman–Crippen MR) is 69.6 cm³/mol. The van der Waals surface area contributed by atoms with Crippen molar-refractivity contribution in [3.8, 4) is 0 Å². The first-order chi connectivity index (χ1) is 8.52. The highest BCUT2D eigenvalue weighted by molar-refractivity contribution is 7.99. The van der Waals surface area contributed by atoms with Crippen LogP contribution in [0.5, 0.6) is 0 Å². The second kappa shape index (κ2) is 7.00. The lowest BCUT2D eigenvalue weighted by Crippen LogP contribution is -2.13. The van der Waals surface area contributed by atoms with Crippen molar-refractivity contribution in [2.24, 2.45) is 5.92 Å². The number of carbonyl (C=O) groups excluding carboxylic acids is 1. The number of nitrogens with zero attached hydrogens (tertiary/aromatic N) is 1. The van der Waals surface area contributed by atoms with Crippen LogP contribution in [0.25, 0.3) is 0 Å². The fourth-order valence-corrected chi connectivity index (χ4v) is 2.04. The zero-order valence-corrected chi connectivity index (χ0v) is 11.1. The van der Waals surface area contributed by atoms with Gasteiger partial charge in [-0.3, -0.25) is 14.9 Å². The number of benzene rings is 1. The molecule has 0 bridgehead atoms. The molecule has 1 aromatic carbocycles. The van der Waals surface area contributed by atoms with E-state index < -0.39 is 4.92 Å². The number of esters is 1. The van der Waals surface area contributed by atoms with Crippen LogP contribution in [0.4, 0.5) is 5.69 Å². The van der Waals surface area contributed by atoms with Crippen molar-refractivity contribution < 1.29 is 14.5 Å². The molecule has 0 unspecified atom stereocenters. The molecule has 0 aromatic heterocycles. The second-order valence-electron chi connectivity index (χ2n) is 3.90. The summed E-state index contributed by atoms with van der Waals surface area (Å²) in [6.45, 7) is 3.78. The molecule has 98 valence electrons. The summed E-state index contributed by atoms with van der Waals surface area (Å²) in [6.07, 6.45) is 0. The summed E-state index contributed by atoms with van der Waals surface area (Å²) in [4.78, 5) is 22.1. The third kappa shape index (κ3) is 4.37. The lowest BCUT2D eigenvalue weighted by atomic mass is 10.2. The van der Waals surface area contributed by atoms with Crippen LogP contribution in [0.2, 0.25) is 0 Å². The molecule has 0 aliphatic heterocycles. The summed E-state index contributed by atoms with van der Waals surface area (Å²) < 4.78 is 5.00. The summed E-state index contributed by atoms with van der Waals surface area (Å²) in [6, 6.07) is 6.52. The maximum Gasteiger partial charge on any atom is 0.308 e. The SMILES string of the molecule is CC(C)C(=O)OCCSc1ccccc1[N+](=O)[O-]. The van der Waals surface area contributed by atoms with Gasteiger partial charge in [0.15, 0.2) is 0 Å². The lowest BCUT2D eigenvalue weighted by molar-refractivity contribution is -0.387. The Bertz CT molecular complexity index is 434. The Labute approximate surface area is 110 Å². The molecule has 0 radical (unpaired) electrons. The monoisotopic (exact) mass is 269 g/mol. The van der Waals surface area contributed by atoms with Gasteiger partial charge in [-0.2, -0.15) is 0 Å². The molecular weight excluding hydrogens is 254 g/mol. The van der Waals surface area contributed by atoms with Crippen LogP contribution in [0.3, 0.4) is 0 Å². The van der Waals surface area contributed by atoms with Gasteiger partial charge in [0.2, 0.25) is 0 Å². The first-order valence-corrected chi connectivity index (χ1v) is 6.53. The van der Waals surface area contributed by atoms with Crippen molar-refractivity contribution >= 4 is 23.4 Å². The Morgan fingerprint density at radius 2 is 2.11 bits per heavy atom. The van der Waals surface area contributed by atoms with Gasteiger partial charge < -0.3 is 4.74 Å². The number of nitro groups is 1. The van der Waals surface area contributed by atoms with Gasteiger partial charge >= 0.3 is 5.97 Å². The Balaban J connectivity index is 2.45. The van der Waals surface area contributed by atoms with Gasteiger partial charge in [-0.05, 0) is 6.07 Å². The number of ether oxygens (including phenoxy) is 1. The van der Waals surface area contributed by atoms with Crippen molar-refractivity contribution in [3.05, 3.63) is 34.4 Å². The molecular formula is C12H15NO4S. The lowest BCUT2D eigenvalue weighted by Gasteiger charge is -2.06. The minimum atomic E-state index is -0.414. The Hall–Kier alpha value is -1.56. The number of nitro benzene ring substituents is 1. The van der Waals surface area contributed by atoms with Gasteiger partial charge in [0.05, 0.1) is 15.7 Å². The van der Waals surface area contributed by atoms with Crippen LogP contribution >= 0.6 is 11.8 Å². The van der Waals surface area contributed by atoms with E-state index in [1.54, 1.807) is 32.0 Å². The second-order valence-corrected chi connectivity index (χ2v) is 5.03. The molecule has 0 spiro atoms. The largest absolute Gasteiger partial charge is 0.465 e. The summed E-state index contributed by atoms with van der Waals surface area (Å²) in [7, 11) is 0. The van der Waals surface area contributed by atoms with Crippen molar-refractivity contribution in [2.75, 3.05) is 12.4 Å². The van der Waals surface area contributed by atoms with Crippen molar-refractivity contribution in [3.63, 3.8) is 0 Å². The molecule has 0 aliphatic rings. The Morgan fingerprint density at radius 3 is 2.72 bits per heavy atom. The Morgan fingerprint density at radius 1 is 1.44 bits per heavy atom. The van der Waals surface area contributed by atoms with Gasteiger partial charge in [0.1, 0.15) is 6.61 Å². The number of para-hydroxylation sites is 1. The molecule has 0 N–H and O–H groups in total. The van der Waals surface area contributed by atoms with E-state index in [2.05, 4.69) is 0 Å². The van der Waals surface area contributed by atoms with E-state index >= 15 is 0 Å². The smallest absolute Gasteiger partial charge is 0.308 e. The first kappa shape index (κ1) is 14.5. The van der Waals surface area contributed by atoms with Crippen LogP contribution in [-0.2, 0) is 9.53 Å². The molecule has 0 saturated heterocycles. The van der Waals surface area contributed by atoms with E-state index in [1.807, 2.05) is 0 Å². The van der Waals surface area contributed by atoms with E-state index in [9.17, 15) is 14.9 Å². The van der Waals surface area contributed by atoms with Crippen LogP contribution in [-0.4, -0.2) is 23.3 Å². The highest BCUT2D eigenvalue weighted by Crippen LogP contribution is 2.28. The molecule has 1 rings (SSSR count). The van der Waals surface area contributed by atoms with E-state index in [4.69, 9.17) is 4.74 Å².